The summed E-state index contributed by atoms with van der Waals surface area (Å²) < 4.78 is 34.3. The van der Waals surface area contributed by atoms with Crippen LogP contribution in [0.3, 0.4) is 0 Å². The molecule has 0 spiro atoms. The van der Waals surface area contributed by atoms with Crippen molar-refractivity contribution in [2.75, 3.05) is 0 Å². The van der Waals surface area contributed by atoms with Crippen molar-refractivity contribution < 1.29 is 27.0 Å². The zero-order valence-electron chi connectivity index (χ0n) is 9.96. The molecule has 6 nitrogen and oxygen atoms in total. The molecule has 0 radical (unpaired) electrons. The summed E-state index contributed by atoms with van der Waals surface area (Å²) in [5, 5.41) is 11.1. The standard InChI is InChI=1S/C11H12FNO5S/c1-7(14)13-10(11(15)16)6-8-3-2-4-9(5-8)19(12,17)18/h2-5,10H,6H2,1H3,(H,13,14)(H,15,16)/t10-/m0/s1. The van der Waals surface area contributed by atoms with Gasteiger partial charge in [-0.25, -0.2) is 4.79 Å². The number of benzene rings is 1. The lowest BCUT2D eigenvalue weighted by Crippen LogP contribution is -2.41. The third-order valence-corrected chi connectivity index (χ3v) is 3.11. The Morgan fingerprint density at radius 1 is 1.42 bits per heavy atom. The maximum absolute atomic E-state index is 12.8. The fraction of sp³-hybridized carbons (Fsp3) is 0.273. The van der Waals surface area contributed by atoms with Gasteiger partial charge in [-0.05, 0) is 17.7 Å². The molecule has 0 fully saturated rings. The zero-order valence-corrected chi connectivity index (χ0v) is 10.8. The van der Waals surface area contributed by atoms with Crippen LogP contribution in [-0.4, -0.2) is 31.4 Å². The average Bonchev–Trinajstić information content (AvgIpc) is 2.26. The van der Waals surface area contributed by atoms with Crippen molar-refractivity contribution in [3.05, 3.63) is 29.8 Å². The fourth-order valence-corrected chi connectivity index (χ4v) is 2.04. The first-order valence-corrected chi connectivity index (χ1v) is 6.62. The van der Waals surface area contributed by atoms with E-state index < -0.39 is 33.0 Å². The van der Waals surface area contributed by atoms with E-state index in [0.29, 0.717) is 5.56 Å². The molecule has 8 heteroatoms. The summed E-state index contributed by atoms with van der Waals surface area (Å²) in [7, 11) is -4.84. The topological polar surface area (TPSA) is 101 Å². The van der Waals surface area contributed by atoms with Gasteiger partial charge in [0.15, 0.2) is 0 Å². The van der Waals surface area contributed by atoms with E-state index >= 15 is 0 Å². The second-order valence-electron chi connectivity index (χ2n) is 3.88. The van der Waals surface area contributed by atoms with E-state index in [0.717, 1.165) is 12.1 Å². The van der Waals surface area contributed by atoms with Gasteiger partial charge in [0, 0.05) is 13.3 Å². The Hall–Kier alpha value is -1.96. The van der Waals surface area contributed by atoms with E-state index in [2.05, 4.69) is 5.32 Å². The van der Waals surface area contributed by atoms with Crippen LogP contribution >= 0.6 is 0 Å². The highest BCUT2D eigenvalue weighted by atomic mass is 32.3. The van der Waals surface area contributed by atoms with Gasteiger partial charge >= 0.3 is 16.2 Å². The zero-order chi connectivity index (χ0) is 14.6. The van der Waals surface area contributed by atoms with Crippen LogP contribution in [-0.2, 0) is 26.2 Å². The van der Waals surface area contributed by atoms with Crippen molar-refractivity contribution in [1.82, 2.24) is 5.32 Å². The molecule has 0 aliphatic rings. The molecule has 0 unspecified atom stereocenters. The van der Waals surface area contributed by atoms with Crippen LogP contribution in [0.1, 0.15) is 12.5 Å². The van der Waals surface area contributed by atoms with Crippen LogP contribution < -0.4 is 5.32 Å². The van der Waals surface area contributed by atoms with Crippen LogP contribution in [0.5, 0.6) is 0 Å². The number of amides is 1. The quantitative estimate of drug-likeness (QED) is 0.768. The smallest absolute Gasteiger partial charge is 0.332 e. The summed E-state index contributed by atoms with van der Waals surface area (Å²) in [5.41, 5.74) is 0.292. The van der Waals surface area contributed by atoms with Gasteiger partial charge in [0.05, 0.1) is 4.90 Å². The Labute approximate surface area is 109 Å². The lowest BCUT2D eigenvalue weighted by molar-refractivity contribution is -0.141. The highest BCUT2D eigenvalue weighted by molar-refractivity contribution is 7.86. The van der Waals surface area contributed by atoms with Gasteiger partial charge in [-0.1, -0.05) is 12.1 Å². The van der Waals surface area contributed by atoms with Crippen LogP contribution in [0, 0.1) is 0 Å². The minimum atomic E-state index is -4.84. The molecule has 0 bridgehead atoms. The van der Waals surface area contributed by atoms with Crippen LogP contribution in [0.25, 0.3) is 0 Å². The van der Waals surface area contributed by atoms with Crippen LogP contribution in [0.15, 0.2) is 29.2 Å². The molecule has 0 heterocycles. The lowest BCUT2D eigenvalue weighted by atomic mass is 10.1. The molecule has 1 atom stereocenters. The maximum Gasteiger partial charge on any atom is 0.332 e. The Morgan fingerprint density at radius 3 is 2.53 bits per heavy atom. The summed E-state index contributed by atoms with van der Waals surface area (Å²) in [6, 6.07) is 3.65. The Kier molecular flexibility index (Phi) is 4.60. The maximum atomic E-state index is 12.8. The van der Waals surface area contributed by atoms with Crippen LogP contribution in [0.4, 0.5) is 3.89 Å². The molecular formula is C11H12FNO5S. The summed E-state index contributed by atoms with van der Waals surface area (Å²) in [5.74, 6) is -1.79. The van der Waals surface area contributed by atoms with Gasteiger partial charge in [-0.2, -0.15) is 8.42 Å². The van der Waals surface area contributed by atoms with Crippen molar-refractivity contribution in [2.24, 2.45) is 0 Å². The molecule has 0 aliphatic heterocycles. The molecule has 104 valence electrons. The molecule has 1 aromatic rings. The second-order valence-corrected chi connectivity index (χ2v) is 5.23. The predicted octanol–water partition coefficient (Wildman–Crippen LogP) is 0.477. The van der Waals surface area contributed by atoms with E-state index in [-0.39, 0.29) is 6.42 Å². The molecule has 0 aliphatic carbocycles. The van der Waals surface area contributed by atoms with Gasteiger partial charge in [-0.15, -0.1) is 3.89 Å². The summed E-state index contributed by atoms with van der Waals surface area (Å²) >= 11 is 0. The van der Waals surface area contributed by atoms with Crippen molar-refractivity contribution in [3.63, 3.8) is 0 Å². The van der Waals surface area contributed by atoms with E-state index in [1.807, 2.05) is 0 Å². The number of carbonyl (C=O) groups is 2. The number of carboxylic acids is 1. The highest BCUT2D eigenvalue weighted by Gasteiger charge is 2.20. The molecule has 1 rings (SSSR count). The van der Waals surface area contributed by atoms with Crippen molar-refractivity contribution >= 4 is 22.1 Å². The number of carboxylic acid groups (broad SMARTS) is 1. The average molecular weight is 289 g/mol. The molecular weight excluding hydrogens is 277 g/mol. The molecule has 0 aromatic heterocycles. The minimum absolute atomic E-state index is 0.141. The molecule has 0 saturated heterocycles. The lowest BCUT2D eigenvalue weighted by Gasteiger charge is -2.13. The first-order chi connectivity index (χ1) is 8.70. The van der Waals surface area contributed by atoms with Crippen molar-refractivity contribution in [3.8, 4) is 0 Å². The molecule has 1 aromatic carbocycles. The molecule has 2 N–H and O–H groups in total. The van der Waals surface area contributed by atoms with Crippen molar-refractivity contribution in [1.29, 1.82) is 0 Å². The van der Waals surface area contributed by atoms with E-state index in [4.69, 9.17) is 5.11 Å². The molecule has 1 amide bonds. The van der Waals surface area contributed by atoms with E-state index in [1.165, 1.54) is 19.1 Å². The normalized spacial score (nSPS) is 12.7. The largest absolute Gasteiger partial charge is 0.480 e. The van der Waals surface area contributed by atoms with Gasteiger partial charge < -0.3 is 10.4 Å². The monoisotopic (exact) mass is 289 g/mol. The van der Waals surface area contributed by atoms with E-state index in [9.17, 15) is 21.9 Å². The highest BCUT2D eigenvalue weighted by Crippen LogP contribution is 2.15. The summed E-state index contributed by atoms with van der Waals surface area (Å²) in [6.45, 7) is 1.17. The third-order valence-electron chi connectivity index (χ3n) is 2.30. The summed E-state index contributed by atoms with van der Waals surface area (Å²) in [6.07, 6.45) is -0.141. The SMILES string of the molecule is CC(=O)N[C@@H](Cc1cccc(S(=O)(=O)F)c1)C(=O)O. The van der Waals surface area contributed by atoms with E-state index in [1.54, 1.807) is 0 Å². The van der Waals surface area contributed by atoms with Gasteiger partial charge in [-0.3, -0.25) is 4.79 Å². The Bertz CT molecular complexity index is 599. The number of hydrogen-bond acceptors (Lipinski definition) is 4. The van der Waals surface area contributed by atoms with Gasteiger partial charge in [0.1, 0.15) is 6.04 Å². The number of hydrogen-bond donors (Lipinski definition) is 2. The number of halogens is 1. The summed E-state index contributed by atoms with van der Waals surface area (Å²) in [4.78, 5) is 21.2. The number of carbonyl (C=O) groups excluding carboxylic acids is 1. The number of nitrogens with one attached hydrogen (secondary N) is 1. The first kappa shape index (κ1) is 15.1. The second kappa shape index (κ2) is 5.79. The fourth-order valence-electron chi connectivity index (χ4n) is 1.51. The number of aliphatic carboxylic acids is 1. The van der Waals surface area contributed by atoms with Gasteiger partial charge in [0.25, 0.3) is 0 Å². The van der Waals surface area contributed by atoms with Crippen molar-refractivity contribution in [2.45, 2.75) is 24.3 Å². The molecule has 19 heavy (non-hydrogen) atoms. The Morgan fingerprint density at radius 2 is 2.05 bits per heavy atom. The predicted molar refractivity (Wildman–Crippen MR) is 63.7 cm³/mol. The Balaban J connectivity index is 2.97. The van der Waals surface area contributed by atoms with Crippen LogP contribution in [0.2, 0.25) is 0 Å². The molecule has 0 saturated carbocycles. The first-order valence-electron chi connectivity index (χ1n) is 5.23. The number of rotatable bonds is 5. The third kappa shape index (κ3) is 4.66. The van der Waals surface area contributed by atoms with Gasteiger partial charge in [0.2, 0.25) is 5.91 Å². The minimum Gasteiger partial charge on any atom is -0.480 e.